The van der Waals surface area contributed by atoms with Crippen molar-refractivity contribution in [1.82, 2.24) is 15.2 Å². The van der Waals surface area contributed by atoms with Crippen molar-refractivity contribution in [3.8, 4) is 0 Å². The third-order valence-corrected chi connectivity index (χ3v) is 5.24. The molecular formula is C20H21FN4O2. The largest absolute Gasteiger partial charge is 0.332 e. The minimum atomic E-state index is -0.688. The van der Waals surface area contributed by atoms with Crippen molar-refractivity contribution >= 4 is 17.5 Å². The van der Waals surface area contributed by atoms with Crippen LogP contribution in [0.3, 0.4) is 0 Å². The summed E-state index contributed by atoms with van der Waals surface area (Å²) < 4.78 is 13.1. The Balaban J connectivity index is 1.53. The molecule has 2 amide bonds. The van der Waals surface area contributed by atoms with E-state index in [1.165, 1.54) is 12.1 Å². The standard InChI is InChI=1S/C20H21FN4O2/c21-15-3-5-16(6-4-15)24-10-7-17(19(24)26)20(27)25-11-9-23-13-18(25)14-2-1-8-22-12-14/h1-6,8,12,17-18,23H,7,9-11,13H2. The van der Waals surface area contributed by atoms with Crippen molar-refractivity contribution in [3.63, 3.8) is 0 Å². The molecule has 27 heavy (non-hydrogen) atoms. The van der Waals surface area contributed by atoms with Crippen LogP contribution >= 0.6 is 0 Å². The summed E-state index contributed by atoms with van der Waals surface area (Å²) in [5.41, 5.74) is 1.58. The van der Waals surface area contributed by atoms with Gasteiger partial charge in [0.05, 0.1) is 6.04 Å². The number of hydrogen-bond acceptors (Lipinski definition) is 4. The summed E-state index contributed by atoms with van der Waals surface area (Å²) in [7, 11) is 0. The number of benzene rings is 1. The zero-order chi connectivity index (χ0) is 18.8. The van der Waals surface area contributed by atoms with E-state index in [1.807, 2.05) is 12.1 Å². The van der Waals surface area contributed by atoms with Gasteiger partial charge in [-0.25, -0.2) is 4.39 Å². The maximum Gasteiger partial charge on any atom is 0.239 e. The van der Waals surface area contributed by atoms with Gasteiger partial charge in [-0.05, 0) is 42.3 Å². The summed E-state index contributed by atoms with van der Waals surface area (Å²) in [5, 5.41) is 3.31. The van der Waals surface area contributed by atoms with Gasteiger partial charge < -0.3 is 15.1 Å². The van der Waals surface area contributed by atoms with E-state index in [0.29, 0.717) is 38.3 Å². The second-order valence-electron chi connectivity index (χ2n) is 6.85. The van der Waals surface area contributed by atoms with Crippen LogP contribution in [0.15, 0.2) is 48.8 Å². The summed E-state index contributed by atoms with van der Waals surface area (Å²) >= 11 is 0. The summed E-state index contributed by atoms with van der Waals surface area (Å²) in [4.78, 5) is 33.6. The maximum atomic E-state index is 13.2. The van der Waals surface area contributed by atoms with Crippen molar-refractivity contribution in [3.05, 3.63) is 60.2 Å². The molecule has 2 atom stereocenters. The summed E-state index contributed by atoms with van der Waals surface area (Å²) in [6.45, 7) is 2.36. The van der Waals surface area contributed by atoms with E-state index in [0.717, 1.165) is 5.56 Å². The van der Waals surface area contributed by atoms with Crippen molar-refractivity contribution in [2.45, 2.75) is 12.5 Å². The number of carbonyl (C=O) groups is 2. The molecule has 2 aliphatic heterocycles. The van der Waals surface area contributed by atoms with Gasteiger partial charge in [0.15, 0.2) is 0 Å². The molecule has 0 spiro atoms. The Kier molecular flexibility index (Phi) is 4.85. The molecule has 0 bridgehead atoms. The van der Waals surface area contributed by atoms with Crippen molar-refractivity contribution in [1.29, 1.82) is 0 Å². The highest BCUT2D eigenvalue weighted by atomic mass is 19.1. The second-order valence-corrected chi connectivity index (χ2v) is 6.85. The molecular weight excluding hydrogens is 347 g/mol. The number of pyridine rings is 1. The van der Waals surface area contributed by atoms with E-state index >= 15 is 0 Å². The van der Waals surface area contributed by atoms with Gasteiger partial charge in [0.25, 0.3) is 0 Å². The van der Waals surface area contributed by atoms with Gasteiger partial charge in [0, 0.05) is 44.3 Å². The molecule has 1 aromatic heterocycles. The van der Waals surface area contributed by atoms with Crippen LogP contribution in [0, 0.1) is 11.7 Å². The van der Waals surface area contributed by atoms with Gasteiger partial charge in [-0.15, -0.1) is 0 Å². The first-order valence-electron chi connectivity index (χ1n) is 9.13. The third-order valence-electron chi connectivity index (χ3n) is 5.24. The van der Waals surface area contributed by atoms with Crippen LogP contribution in [0.4, 0.5) is 10.1 Å². The predicted octanol–water partition coefficient (Wildman–Crippen LogP) is 1.75. The zero-order valence-electron chi connectivity index (χ0n) is 14.8. The lowest BCUT2D eigenvalue weighted by atomic mass is 10.0. The first kappa shape index (κ1) is 17.6. The lowest BCUT2D eigenvalue weighted by Gasteiger charge is -2.37. The molecule has 2 unspecified atom stereocenters. The molecule has 4 rings (SSSR count). The Morgan fingerprint density at radius 3 is 2.74 bits per heavy atom. The average molecular weight is 368 g/mol. The Hall–Kier alpha value is -2.80. The summed E-state index contributed by atoms with van der Waals surface area (Å²) in [5.74, 6) is -1.39. The zero-order valence-corrected chi connectivity index (χ0v) is 14.8. The molecule has 1 N–H and O–H groups in total. The van der Waals surface area contributed by atoms with Gasteiger partial charge >= 0.3 is 0 Å². The van der Waals surface area contributed by atoms with E-state index in [2.05, 4.69) is 10.3 Å². The van der Waals surface area contributed by atoms with E-state index in [1.54, 1.807) is 34.3 Å². The molecule has 2 aromatic rings. The molecule has 3 heterocycles. The SMILES string of the molecule is O=C1C(C(=O)N2CCNCC2c2cccnc2)CCN1c1ccc(F)cc1. The number of piperazine rings is 1. The molecule has 7 heteroatoms. The fraction of sp³-hybridized carbons (Fsp3) is 0.350. The van der Waals surface area contributed by atoms with Gasteiger partial charge in [-0.3, -0.25) is 14.6 Å². The fourth-order valence-electron chi connectivity index (χ4n) is 3.83. The van der Waals surface area contributed by atoms with Crippen LogP contribution in [-0.4, -0.2) is 47.9 Å². The van der Waals surface area contributed by atoms with E-state index in [9.17, 15) is 14.0 Å². The molecule has 140 valence electrons. The maximum absolute atomic E-state index is 13.2. The number of amides is 2. The molecule has 0 radical (unpaired) electrons. The lowest BCUT2D eigenvalue weighted by molar-refractivity contribution is -0.142. The number of nitrogens with zero attached hydrogens (tertiary/aromatic N) is 3. The van der Waals surface area contributed by atoms with Gasteiger partial charge in [-0.1, -0.05) is 6.07 Å². The normalized spacial score (nSPS) is 22.9. The second kappa shape index (κ2) is 7.44. The summed E-state index contributed by atoms with van der Waals surface area (Å²) in [6.07, 6.45) is 3.94. The number of hydrogen-bond donors (Lipinski definition) is 1. The Morgan fingerprint density at radius 1 is 1.19 bits per heavy atom. The van der Waals surface area contributed by atoms with Crippen molar-refractivity contribution < 1.29 is 14.0 Å². The van der Waals surface area contributed by atoms with Crippen LogP contribution in [0.25, 0.3) is 0 Å². The van der Waals surface area contributed by atoms with E-state index < -0.39 is 5.92 Å². The Labute approximate surface area is 157 Å². The molecule has 0 saturated carbocycles. The molecule has 2 aliphatic rings. The Bertz CT molecular complexity index is 828. The highest BCUT2D eigenvalue weighted by Crippen LogP contribution is 2.30. The van der Waals surface area contributed by atoms with E-state index in [-0.39, 0.29) is 23.7 Å². The minimum Gasteiger partial charge on any atom is -0.332 e. The smallest absolute Gasteiger partial charge is 0.239 e. The number of nitrogens with one attached hydrogen (secondary N) is 1. The van der Waals surface area contributed by atoms with Crippen LogP contribution in [-0.2, 0) is 9.59 Å². The van der Waals surface area contributed by atoms with Gasteiger partial charge in [0.2, 0.25) is 11.8 Å². The molecule has 2 fully saturated rings. The number of anilines is 1. The first-order valence-corrected chi connectivity index (χ1v) is 9.13. The van der Waals surface area contributed by atoms with Gasteiger partial charge in [-0.2, -0.15) is 0 Å². The molecule has 2 saturated heterocycles. The van der Waals surface area contributed by atoms with Crippen molar-refractivity contribution in [2.75, 3.05) is 31.1 Å². The number of carbonyl (C=O) groups excluding carboxylic acids is 2. The van der Waals surface area contributed by atoms with Crippen LogP contribution in [0.5, 0.6) is 0 Å². The predicted molar refractivity (Wildman–Crippen MR) is 98.4 cm³/mol. The topological polar surface area (TPSA) is 65.5 Å². The Morgan fingerprint density at radius 2 is 2.00 bits per heavy atom. The highest BCUT2D eigenvalue weighted by Gasteiger charge is 2.42. The number of halogens is 1. The van der Waals surface area contributed by atoms with Gasteiger partial charge in [0.1, 0.15) is 11.7 Å². The van der Waals surface area contributed by atoms with Crippen LogP contribution in [0.2, 0.25) is 0 Å². The number of rotatable bonds is 3. The third kappa shape index (κ3) is 3.42. The van der Waals surface area contributed by atoms with E-state index in [4.69, 9.17) is 0 Å². The minimum absolute atomic E-state index is 0.132. The quantitative estimate of drug-likeness (QED) is 0.839. The molecule has 6 nitrogen and oxygen atoms in total. The summed E-state index contributed by atoms with van der Waals surface area (Å²) in [6, 6.07) is 9.47. The first-order chi connectivity index (χ1) is 13.1. The average Bonchev–Trinajstić information content (AvgIpc) is 3.10. The fourth-order valence-corrected chi connectivity index (χ4v) is 3.83. The van der Waals surface area contributed by atoms with Crippen LogP contribution < -0.4 is 10.2 Å². The highest BCUT2D eigenvalue weighted by molar-refractivity contribution is 6.09. The molecule has 1 aromatic carbocycles. The van der Waals surface area contributed by atoms with Crippen LogP contribution in [0.1, 0.15) is 18.0 Å². The molecule has 0 aliphatic carbocycles. The number of aromatic nitrogens is 1. The van der Waals surface area contributed by atoms with Crippen molar-refractivity contribution in [2.24, 2.45) is 5.92 Å². The monoisotopic (exact) mass is 368 g/mol. The lowest BCUT2D eigenvalue weighted by Crippen LogP contribution is -2.51.